The van der Waals surface area contributed by atoms with E-state index in [1.165, 1.54) is 0 Å². The van der Waals surface area contributed by atoms with Gasteiger partial charge >= 0.3 is 0 Å². The highest BCUT2D eigenvalue weighted by Crippen LogP contribution is 2.28. The molecule has 0 bridgehead atoms. The van der Waals surface area contributed by atoms with Gasteiger partial charge in [-0.25, -0.2) is 4.99 Å². The number of benzene rings is 1. The van der Waals surface area contributed by atoms with Crippen molar-refractivity contribution in [2.24, 2.45) is 12.0 Å². The van der Waals surface area contributed by atoms with Gasteiger partial charge in [0.2, 0.25) is 0 Å². The van der Waals surface area contributed by atoms with Crippen molar-refractivity contribution in [2.75, 3.05) is 44.7 Å². The molecule has 9 heteroatoms. The standard InChI is InChI=1S/C19H29N7O.HI/c1-5-20-19(21-14-18-23-22-15(2)24(18)3)26-12-10-25(11-13-26)16-8-6-7-9-17(16)27-4;/h6-9H,5,10-14H2,1-4H3,(H,20,21);1H. The van der Waals surface area contributed by atoms with Gasteiger partial charge in [-0.2, -0.15) is 0 Å². The third kappa shape index (κ3) is 5.06. The Kier molecular flexibility index (Phi) is 8.34. The van der Waals surface area contributed by atoms with Crippen LogP contribution in [-0.2, 0) is 13.6 Å². The van der Waals surface area contributed by atoms with Crippen LogP contribution in [-0.4, -0.2) is 65.5 Å². The van der Waals surface area contributed by atoms with E-state index in [0.29, 0.717) is 6.54 Å². The third-order valence-electron chi connectivity index (χ3n) is 4.89. The number of nitrogens with zero attached hydrogens (tertiary/aromatic N) is 6. The first-order chi connectivity index (χ1) is 13.1. The van der Waals surface area contributed by atoms with Gasteiger partial charge in [0.15, 0.2) is 11.8 Å². The highest BCUT2D eigenvalue weighted by Gasteiger charge is 2.21. The molecule has 0 amide bonds. The van der Waals surface area contributed by atoms with Crippen molar-refractivity contribution < 1.29 is 4.74 Å². The molecule has 1 aromatic carbocycles. The number of para-hydroxylation sites is 2. The number of methoxy groups -OCH3 is 1. The molecule has 28 heavy (non-hydrogen) atoms. The smallest absolute Gasteiger partial charge is 0.194 e. The number of nitrogens with one attached hydrogen (secondary N) is 1. The van der Waals surface area contributed by atoms with E-state index in [2.05, 4.69) is 44.4 Å². The number of hydrogen-bond donors (Lipinski definition) is 1. The molecule has 1 fully saturated rings. The second-order valence-electron chi connectivity index (χ2n) is 6.54. The molecule has 0 saturated carbocycles. The summed E-state index contributed by atoms with van der Waals surface area (Å²) < 4.78 is 7.48. The van der Waals surface area contributed by atoms with Crippen molar-refractivity contribution in [3.63, 3.8) is 0 Å². The molecule has 3 rings (SSSR count). The van der Waals surface area contributed by atoms with Crippen LogP contribution in [0.1, 0.15) is 18.6 Å². The Hall–Kier alpha value is -2.04. The molecule has 1 aliphatic rings. The monoisotopic (exact) mass is 499 g/mol. The third-order valence-corrected chi connectivity index (χ3v) is 4.89. The average Bonchev–Trinajstić information content (AvgIpc) is 3.03. The van der Waals surface area contributed by atoms with Crippen LogP contribution in [0.3, 0.4) is 0 Å². The molecule has 1 aliphatic heterocycles. The molecule has 1 N–H and O–H groups in total. The summed E-state index contributed by atoms with van der Waals surface area (Å²) in [7, 11) is 3.69. The minimum absolute atomic E-state index is 0. The molecule has 0 radical (unpaired) electrons. The Labute approximate surface area is 184 Å². The topological polar surface area (TPSA) is 70.8 Å². The zero-order chi connectivity index (χ0) is 19.2. The first-order valence-electron chi connectivity index (χ1n) is 9.40. The first kappa shape index (κ1) is 22.3. The number of aromatic nitrogens is 3. The molecule has 0 unspecified atom stereocenters. The largest absolute Gasteiger partial charge is 0.495 e. The second-order valence-corrected chi connectivity index (χ2v) is 6.54. The molecular weight excluding hydrogens is 469 g/mol. The van der Waals surface area contributed by atoms with E-state index in [-0.39, 0.29) is 24.0 Å². The van der Waals surface area contributed by atoms with E-state index in [9.17, 15) is 0 Å². The van der Waals surface area contributed by atoms with Gasteiger partial charge < -0.3 is 24.4 Å². The van der Waals surface area contributed by atoms with Crippen molar-refractivity contribution in [3.05, 3.63) is 35.9 Å². The van der Waals surface area contributed by atoms with Crippen LogP contribution in [0.5, 0.6) is 5.75 Å². The number of hydrogen-bond acceptors (Lipinski definition) is 5. The lowest BCUT2D eigenvalue weighted by Gasteiger charge is -2.38. The zero-order valence-electron chi connectivity index (χ0n) is 17.1. The minimum atomic E-state index is 0. The summed E-state index contributed by atoms with van der Waals surface area (Å²) in [6, 6.07) is 8.18. The van der Waals surface area contributed by atoms with Gasteiger partial charge in [-0.15, -0.1) is 34.2 Å². The number of rotatable bonds is 5. The Morgan fingerprint density at radius 1 is 1.18 bits per heavy atom. The SMILES string of the molecule is CCNC(=NCc1nnc(C)n1C)N1CCN(c2ccccc2OC)CC1.I. The zero-order valence-corrected chi connectivity index (χ0v) is 19.4. The van der Waals surface area contributed by atoms with Crippen LogP contribution < -0.4 is 15.0 Å². The van der Waals surface area contributed by atoms with Gasteiger partial charge in [-0.05, 0) is 26.0 Å². The lowest BCUT2D eigenvalue weighted by Crippen LogP contribution is -2.52. The summed E-state index contributed by atoms with van der Waals surface area (Å²) >= 11 is 0. The molecule has 2 aromatic rings. The molecule has 154 valence electrons. The number of guanidine groups is 1. The van der Waals surface area contributed by atoms with Crippen molar-refractivity contribution in [1.29, 1.82) is 0 Å². The van der Waals surface area contributed by atoms with Crippen LogP contribution in [0.4, 0.5) is 5.69 Å². The van der Waals surface area contributed by atoms with Gasteiger partial charge in [0, 0.05) is 39.8 Å². The summed E-state index contributed by atoms with van der Waals surface area (Å²) in [6.07, 6.45) is 0. The Morgan fingerprint density at radius 2 is 1.89 bits per heavy atom. The van der Waals surface area contributed by atoms with Crippen molar-refractivity contribution in [2.45, 2.75) is 20.4 Å². The van der Waals surface area contributed by atoms with E-state index < -0.39 is 0 Å². The van der Waals surface area contributed by atoms with Gasteiger partial charge in [-0.3, -0.25) is 0 Å². The number of aliphatic imine (C=N–C) groups is 1. The molecule has 1 aromatic heterocycles. The first-order valence-corrected chi connectivity index (χ1v) is 9.40. The van der Waals surface area contributed by atoms with Crippen LogP contribution in [0.25, 0.3) is 0 Å². The van der Waals surface area contributed by atoms with Crippen molar-refractivity contribution >= 4 is 35.6 Å². The second kappa shape index (κ2) is 10.5. The quantitative estimate of drug-likeness (QED) is 0.386. The molecule has 2 heterocycles. The van der Waals surface area contributed by atoms with Crippen LogP contribution in [0, 0.1) is 6.92 Å². The summed E-state index contributed by atoms with van der Waals surface area (Å²) in [5, 5.41) is 11.7. The maximum Gasteiger partial charge on any atom is 0.194 e. The normalized spacial score (nSPS) is 14.6. The maximum atomic E-state index is 5.51. The van der Waals surface area contributed by atoms with E-state index in [1.54, 1.807) is 7.11 Å². The number of halogens is 1. The number of anilines is 1. The predicted octanol–water partition coefficient (Wildman–Crippen LogP) is 2.04. The number of aryl methyl sites for hydroxylation is 1. The lowest BCUT2D eigenvalue weighted by atomic mass is 10.2. The minimum Gasteiger partial charge on any atom is -0.495 e. The summed E-state index contributed by atoms with van der Waals surface area (Å²) in [4.78, 5) is 9.45. The Morgan fingerprint density at radius 3 is 2.50 bits per heavy atom. The Balaban J connectivity index is 0.00000280. The lowest BCUT2D eigenvalue weighted by molar-refractivity contribution is 0.367. The molecule has 0 atom stereocenters. The molecule has 0 spiro atoms. The molecule has 1 saturated heterocycles. The Bertz CT molecular complexity index is 784. The summed E-state index contributed by atoms with van der Waals surface area (Å²) in [5.74, 6) is 3.62. The van der Waals surface area contributed by atoms with Crippen LogP contribution in [0.2, 0.25) is 0 Å². The van der Waals surface area contributed by atoms with Crippen LogP contribution in [0.15, 0.2) is 29.3 Å². The number of ether oxygens (including phenoxy) is 1. The maximum absolute atomic E-state index is 5.51. The van der Waals surface area contributed by atoms with Gasteiger partial charge in [-0.1, -0.05) is 12.1 Å². The number of piperazine rings is 1. The van der Waals surface area contributed by atoms with E-state index in [1.807, 2.05) is 30.7 Å². The fraction of sp³-hybridized carbons (Fsp3) is 0.526. The van der Waals surface area contributed by atoms with Crippen LogP contribution >= 0.6 is 24.0 Å². The highest BCUT2D eigenvalue weighted by atomic mass is 127. The highest BCUT2D eigenvalue weighted by molar-refractivity contribution is 14.0. The molecule has 0 aliphatic carbocycles. The van der Waals surface area contributed by atoms with E-state index >= 15 is 0 Å². The predicted molar refractivity (Wildman–Crippen MR) is 123 cm³/mol. The van der Waals surface area contributed by atoms with Crippen molar-refractivity contribution in [1.82, 2.24) is 25.0 Å². The summed E-state index contributed by atoms with van der Waals surface area (Å²) in [6.45, 7) is 9.05. The molecule has 8 nitrogen and oxygen atoms in total. The fourth-order valence-corrected chi connectivity index (χ4v) is 3.21. The van der Waals surface area contributed by atoms with E-state index in [4.69, 9.17) is 9.73 Å². The fourth-order valence-electron chi connectivity index (χ4n) is 3.21. The van der Waals surface area contributed by atoms with Crippen molar-refractivity contribution in [3.8, 4) is 5.75 Å². The average molecular weight is 499 g/mol. The molecular formula is C19H30IN7O. The summed E-state index contributed by atoms with van der Waals surface area (Å²) in [5.41, 5.74) is 1.15. The van der Waals surface area contributed by atoms with E-state index in [0.717, 1.165) is 61.8 Å². The van der Waals surface area contributed by atoms with Gasteiger partial charge in [0.1, 0.15) is 18.1 Å². The van der Waals surface area contributed by atoms with Gasteiger partial charge in [0.05, 0.1) is 12.8 Å². The van der Waals surface area contributed by atoms with Gasteiger partial charge in [0.25, 0.3) is 0 Å².